The van der Waals surface area contributed by atoms with Crippen LogP contribution in [-0.2, 0) is 9.59 Å². The Kier molecular flexibility index (Phi) is 5.08. The molecule has 2 amide bonds. The van der Waals surface area contributed by atoms with Crippen LogP contribution in [0.5, 0.6) is 0 Å². The molecule has 1 atom stereocenters. The van der Waals surface area contributed by atoms with Gasteiger partial charge in [-0.3, -0.25) is 9.59 Å². The maximum atomic E-state index is 13.0. The molecule has 2 aromatic carbocycles. The van der Waals surface area contributed by atoms with Crippen molar-refractivity contribution in [3.63, 3.8) is 0 Å². The first-order valence-corrected chi connectivity index (χ1v) is 9.76. The summed E-state index contributed by atoms with van der Waals surface area (Å²) in [5.74, 6) is -0.375. The lowest BCUT2D eigenvalue weighted by atomic mass is 10.1. The van der Waals surface area contributed by atoms with Crippen molar-refractivity contribution in [2.75, 3.05) is 36.0 Å². The maximum absolute atomic E-state index is 13.0. The van der Waals surface area contributed by atoms with Crippen molar-refractivity contribution in [3.05, 3.63) is 58.6 Å². The van der Waals surface area contributed by atoms with E-state index in [1.807, 2.05) is 18.2 Å². The number of quaternary nitrogens is 1. The zero-order valence-electron chi connectivity index (χ0n) is 14.7. The SMILES string of the molecule is O=C1CC([NH+]2CCN(c3ccccc3)CC2)C(=O)N1c1ccc(Cl)cc1Cl. The van der Waals surface area contributed by atoms with Gasteiger partial charge >= 0.3 is 0 Å². The summed E-state index contributed by atoms with van der Waals surface area (Å²) >= 11 is 12.1. The molecule has 0 aliphatic carbocycles. The second-order valence-electron chi connectivity index (χ2n) is 6.90. The van der Waals surface area contributed by atoms with E-state index in [0.717, 1.165) is 31.1 Å². The molecule has 0 radical (unpaired) electrons. The molecule has 2 aromatic rings. The molecule has 1 N–H and O–H groups in total. The number of carbonyl (C=O) groups is 2. The van der Waals surface area contributed by atoms with Crippen molar-refractivity contribution in [1.29, 1.82) is 0 Å². The highest BCUT2D eigenvalue weighted by molar-refractivity contribution is 6.38. The molecule has 5 nitrogen and oxygen atoms in total. The number of benzene rings is 2. The summed E-state index contributed by atoms with van der Waals surface area (Å²) in [7, 11) is 0. The molecule has 2 aliphatic rings. The molecule has 2 fully saturated rings. The second-order valence-corrected chi connectivity index (χ2v) is 7.74. The van der Waals surface area contributed by atoms with E-state index in [-0.39, 0.29) is 24.3 Å². The number of imide groups is 1. The number of halogens is 2. The van der Waals surface area contributed by atoms with Gasteiger partial charge in [0.05, 0.1) is 43.3 Å². The van der Waals surface area contributed by atoms with E-state index in [1.54, 1.807) is 18.2 Å². The molecule has 0 bridgehead atoms. The molecule has 1 unspecified atom stereocenters. The summed E-state index contributed by atoms with van der Waals surface area (Å²) in [5, 5.41) is 0.788. The van der Waals surface area contributed by atoms with E-state index in [0.29, 0.717) is 15.7 Å². The zero-order valence-corrected chi connectivity index (χ0v) is 16.2. The molecule has 2 heterocycles. The fraction of sp³-hybridized carbons (Fsp3) is 0.300. The normalized spacial score (nSPS) is 21.2. The highest BCUT2D eigenvalue weighted by atomic mass is 35.5. The van der Waals surface area contributed by atoms with Gasteiger partial charge in [0, 0.05) is 10.7 Å². The predicted molar refractivity (Wildman–Crippen MR) is 107 cm³/mol. The molecule has 0 spiro atoms. The topological polar surface area (TPSA) is 45.1 Å². The summed E-state index contributed by atoms with van der Waals surface area (Å²) in [5.41, 5.74) is 1.61. The smallest absolute Gasteiger partial charge is 0.292 e. The van der Waals surface area contributed by atoms with Gasteiger partial charge in [-0.2, -0.15) is 0 Å². The highest BCUT2D eigenvalue weighted by Gasteiger charge is 2.46. The number of carbonyl (C=O) groups excluding carboxylic acids is 2. The molecule has 7 heteroatoms. The molecule has 27 heavy (non-hydrogen) atoms. The molecule has 0 aromatic heterocycles. The van der Waals surface area contributed by atoms with Crippen LogP contribution >= 0.6 is 23.2 Å². The minimum absolute atomic E-state index is 0.174. The fourth-order valence-electron chi connectivity index (χ4n) is 3.91. The van der Waals surface area contributed by atoms with Gasteiger partial charge in [0.25, 0.3) is 5.91 Å². The van der Waals surface area contributed by atoms with Gasteiger partial charge < -0.3 is 9.80 Å². The number of piperazine rings is 1. The first-order valence-electron chi connectivity index (χ1n) is 9.01. The summed E-state index contributed by atoms with van der Waals surface area (Å²) in [6.45, 7) is 3.36. The third-order valence-corrected chi connectivity index (χ3v) is 5.85. The van der Waals surface area contributed by atoms with Crippen LogP contribution < -0.4 is 14.7 Å². The summed E-state index contributed by atoms with van der Waals surface area (Å²) in [6, 6.07) is 14.7. The molecule has 140 valence electrons. The number of anilines is 2. The van der Waals surface area contributed by atoms with E-state index in [2.05, 4.69) is 17.0 Å². The number of rotatable bonds is 3. The van der Waals surface area contributed by atoms with Gasteiger partial charge in [-0.1, -0.05) is 41.4 Å². The maximum Gasteiger partial charge on any atom is 0.292 e. The van der Waals surface area contributed by atoms with E-state index >= 15 is 0 Å². The Balaban J connectivity index is 1.46. The number of para-hydroxylation sites is 1. The van der Waals surface area contributed by atoms with Gasteiger partial charge in [0.2, 0.25) is 5.91 Å². The number of nitrogens with zero attached hydrogens (tertiary/aromatic N) is 2. The van der Waals surface area contributed by atoms with E-state index in [1.165, 1.54) is 10.6 Å². The minimum atomic E-state index is -0.345. The van der Waals surface area contributed by atoms with E-state index in [9.17, 15) is 9.59 Å². The van der Waals surface area contributed by atoms with Crippen LogP contribution in [0.1, 0.15) is 6.42 Å². The third-order valence-electron chi connectivity index (χ3n) is 5.32. The Morgan fingerprint density at radius 1 is 0.963 bits per heavy atom. The lowest BCUT2D eigenvalue weighted by Crippen LogP contribution is -3.19. The van der Waals surface area contributed by atoms with Crippen LogP contribution in [0.4, 0.5) is 11.4 Å². The summed E-state index contributed by atoms with van der Waals surface area (Å²) in [6.07, 6.45) is 0.221. The number of hydrogen-bond acceptors (Lipinski definition) is 3. The predicted octanol–water partition coefficient (Wildman–Crippen LogP) is 2.03. The fourth-order valence-corrected chi connectivity index (χ4v) is 4.40. The summed E-state index contributed by atoms with van der Waals surface area (Å²) in [4.78, 5) is 30.2. The van der Waals surface area contributed by atoms with Crippen LogP contribution in [0.2, 0.25) is 10.0 Å². The van der Waals surface area contributed by atoms with Crippen LogP contribution in [0.15, 0.2) is 48.5 Å². The molecule has 0 saturated carbocycles. The lowest BCUT2D eigenvalue weighted by Gasteiger charge is -2.35. The van der Waals surface area contributed by atoms with Gasteiger partial charge in [-0.05, 0) is 30.3 Å². The first kappa shape index (κ1) is 18.3. The Morgan fingerprint density at radius 3 is 2.33 bits per heavy atom. The van der Waals surface area contributed by atoms with Gasteiger partial charge in [-0.15, -0.1) is 0 Å². The average molecular weight is 405 g/mol. The lowest BCUT2D eigenvalue weighted by molar-refractivity contribution is -0.915. The average Bonchev–Trinajstić information content (AvgIpc) is 2.97. The molecule has 2 aliphatic heterocycles. The Hall–Kier alpha value is -2.08. The van der Waals surface area contributed by atoms with Crippen molar-refractivity contribution in [1.82, 2.24) is 0 Å². The molecular formula is C20H20Cl2N3O2+. The Bertz CT molecular complexity index is 867. The minimum Gasteiger partial charge on any atom is -0.360 e. The van der Waals surface area contributed by atoms with E-state index in [4.69, 9.17) is 23.2 Å². The summed E-state index contributed by atoms with van der Waals surface area (Å²) < 4.78 is 0. The first-order chi connectivity index (χ1) is 13.0. The van der Waals surface area contributed by atoms with Crippen LogP contribution in [0, 0.1) is 0 Å². The van der Waals surface area contributed by atoms with Crippen LogP contribution in [0.25, 0.3) is 0 Å². The van der Waals surface area contributed by atoms with Gasteiger partial charge in [-0.25, -0.2) is 4.90 Å². The quantitative estimate of drug-likeness (QED) is 0.796. The Labute approximate surface area is 168 Å². The standard InChI is InChI=1S/C20H19Cl2N3O2/c21-14-6-7-17(16(22)12-14)25-19(26)13-18(20(25)27)24-10-8-23(9-11-24)15-4-2-1-3-5-15/h1-7,12,18H,8-11,13H2/p+1. The van der Waals surface area contributed by atoms with Crippen molar-refractivity contribution in [2.45, 2.75) is 12.5 Å². The number of nitrogens with one attached hydrogen (secondary N) is 1. The van der Waals surface area contributed by atoms with Crippen molar-refractivity contribution >= 4 is 46.4 Å². The second kappa shape index (κ2) is 7.50. The van der Waals surface area contributed by atoms with Gasteiger partial charge in [0.15, 0.2) is 6.04 Å². The third kappa shape index (κ3) is 3.55. The van der Waals surface area contributed by atoms with Crippen molar-refractivity contribution in [2.24, 2.45) is 0 Å². The zero-order chi connectivity index (χ0) is 19.0. The largest absolute Gasteiger partial charge is 0.360 e. The number of amides is 2. The molecule has 2 saturated heterocycles. The highest BCUT2D eigenvalue weighted by Crippen LogP contribution is 2.32. The van der Waals surface area contributed by atoms with Crippen molar-refractivity contribution in [3.8, 4) is 0 Å². The monoisotopic (exact) mass is 404 g/mol. The van der Waals surface area contributed by atoms with Crippen molar-refractivity contribution < 1.29 is 14.5 Å². The molecule has 4 rings (SSSR count). The van der Waals surface area contributed by atoms with Gasteiger partial charge in [0.1, 0.15) is 0 Å². The number of hydrogen-bond donors (Lipinski definition) is 1. The Morgan fingerprint density at radius 2 is 1.67 bits per heavy atom. The molecular weight excluding hydrogens is 385 g/mol. The van der Waals surface area contributed by atoms with Crippen LogP contribution in [0.3, 0.4) is 0 Å². The van der Waals surface area contributed by atoms with Crippen LogP contribution in [-0.4, -0.2) is 44.0 Å². The van der Waals surface area contributed by atoms with E-state index < -0.39 is 0 Å².